The van der Waals surface area contributed by atoms with Crippen LogP contribution in [0, 0.1) is 11.6 Å². The van der Waals surface area contributed by atoms with Crippen molar-refractivity contribution in [2.75, 3.05) is 39.5 Å². The van der Waals surface area contributed by atoms with Crippen molar-refractivity contribution >= 4 is 5.91 Å². The van der Waals surface area contributed by atoms with E-state index >= 15 is 0 Å². The van der Waals surface area contributed by atoms with Gasteiger partial charge in [-0.25, -0.2) is 8.78 Å². The predicted octanol–water partition coefficient (Wildman–Crippen LogP) is 0.245. The number of fused-ring (bicyclic) bond motifs is 1. The third kappa shape index (κ3) is 4.71. The van der Waals surface area contributed by atoms with Gasteiger partial charge in [0.2, 0.25) is 6.79 Å². The van der Waals surface area contributed by atoms with E-state index in [4.69, 9.17) is 9.47 Å². The van der Waals surface area contributed by atoms with Crippen molar-refractivity contribution in [1.82, 2.24) is 4.90 Å². The Hall–Kier alpha value is -2.71. The van der Waals surface area contributed by atoms with E-state index in [-0.39, 0.29) is 25.3 Å². The molecule has 1 atom stereocenters. The summed E-state index contributed by atoms with van der Waals surface area (Å²) in [5.41, 5.74) is 1.60. The molecule has 0 aliphatic carbocycles. The van der Waals surface area contributed by atoms with Crippen LogP contribution in [0.5, 0.6) is 11.5 Å². The van der Waals surface area contributed by atoms with Gasteiger partial charge in [-0.2, -0.15) is 0 Å². The van der Waals surface area contributed by atoms with Crippen LogP contribution in [0.15, 0.2) is 36.4 Å². The van der Waals surface area contributed by atoms with Gasteiger partial charge in [-0.15, -0.1) is 0 Å². The Balaban J connectivity index is 1.23. The van der Waals surface area contributed by atoms with E-state index in [1.54, 1.807) is 5.32 Å². The first-order valence-corrected chi connectivity index (χ1v) is 10.3. The van der Waals surface area contributed by atoms with Crippen molar-refractivity contribution in [3.63, 3.8) is 0 Å². The van der Waals surface area contributed by atoms with E-state index in [0.29, 0.717) is 18.7 Å². The number of carbonyl (C=O) groups excluding carboxylic acids is 1. The lowest BCUT2D eigenvalue weighted by Crippen LogP contribution is -3.13. The first kappa shape index (κ1) is 20.6. The summed E-state index contributed by atoms with van der Waals surface area (Å²) in [6.07, 6.45) is 0. The summed E-state index contributed by atoms with van der Waals surface area (Å²) >= 11 is 0. The number of hydrogen-bond donors (Lipinski definition) is 2. The first-order valence-electron chi connectivity index (χ1n) is 10.3. The molecule has 2 aromatic rings. The van der Waals surface area contributed by atoms with E-state index in [2.05, 4.69) is 6.07 Å². The Morgan fingerprint density at radius 3 is 2.67 bits per heavy atom. The molecule has 0 saturated carbocycles. The minimum absolute atomic E-state index is 0.0477. The van der Waals surface area contributed by atoms with Crippen molar-refractivity contribution in [3.8, 4) is 11.5 Å². The molecular weight excluding hydrogens is 392 g/mol. The van der Waals surface area contributed by atoms with Crippen molar-refractivity contribution in [3.05, 3.63) is 59.2 Å². The van der Waals surface area contributed by atoms with Gasteiger partial charge in [-0.1, -0.05) is 0 Å². The molecular formula is C22H27F2N3O3+2. The second-order valence-corrected chi connectivity index (χ2v) is 7.89. The molecule has 3 N–H and O–H groups in total. The fraction of sp³-hybridized carbons (Fsp3) is 0.409. The largest absolute Gasteiger partial charge is 0.454 e. The highest BCUT2D eigenvalue weighted by Gasteiger charge is 2.26. The molecule has 4 rings (SSSR count). The lowest BCUT2D eigenvalue weighted by molar-refractivity contribution is -0.917. The van der Waals surface area contributed by atoms with Gasteiger partial charge in [0, 0.05) is 17.2 Å². The Kier molecular flexibility index (Phi) is 6.15. The summed E-state index contributed by atoms with van der Waals surface area (Å²) in [4.78, 5) is 15.9. The summed E-state index contributed by atoms with van der Waals surface area (Å²) in [5.74, 6) is 0.456. The summed E-state index contributed by atoms with van der Waals surface area (Å²) in [6, 6.07) is 9.33. The predicted molar refractivity (Wildman–Crippen MR) is 105 cm³/mol. The lowest BCUT2D eigenvalue weighted by Gasteiger charge is -2.32. The van der Waals surface area contributed by atoms with Gasteiger partial charge in [-0.3, -0.25) is 4.79 Å². The molecule has 0 unspecified atom stereocenters. The van der Waals surface area contributed by atoms with Crippen LogP contribution >= 0.6 is 0 Å². The number of halogens is 2. The van der Waals surface area contributed by atoms with Gasteiger partial charge < -0.3 is 24.6 Å². The zero-order chi connectivity index (χ0) is 21.1. The fourth-order valence-corrected chi connectivity index (χ4v) is 3.99. The second kappa shape index (κ2) is 8.97. The number of piperazine rings is 1. The molecule has 2 aliphatic heterocycles. The van der Waals surface area contributed by atoms with Crippen molar-refractivity contribution in [1.29, 1.82) is 0 Å². The van der Waals surface area contributed by atoms with Gasteiger partial charge >= 0.3 is 0 Å². The molecule has 8 heteroatoms. The van der Waals surface area contributed by atoms with Crippen LogP contribution in [-0.4, -0.2) is 50.3 Å². The third-order valence-corrected chi connectivity index (χ3v) is 5.81. The third-order valence-electron chi connectivity index (χ3n) is 5.81. The SMILES string of the molecule is C[C@@H]([NH2+]CC(=O)N1CC[NH+](Cc2ccc3c(c2)OCO3)CC1)c1ccc(F)cc1F. The van der Waals surface area contributed by atoms with Crippen molar-refractivity contribution < 1.29 is 33.3 Å². The highest BCUT2D eigenvalue weighted by Crippen LogP contribution is 2.32. The van der Waals surface area contributed by atoms with E-state index in [1.165, 1.54) is 22.6 Å². The number of nitrogens with one attached hydrogen (secondary N) is 1. The van der Waals surface area contributed by atoms with Crippen LogP contribution in [-0.2, 0) is 11.3 Å². The monoisotopic (exact) mass is 419 g/mol. The van der Waals surface area contributed by atoms with Crippen LogP contribution in [0.25, 0.3) is 0 Å². The molecule has 0 spiro atoms. The molecule has 1 amide bonds. The normalized spacial score (nSPS) is 17.2. The van der Waals surface area contributed by atoms with E-state index in [1.807, 2.05) is 24.0 Å². The lowest BCUT2D eigenvalue weighted by atomic mass is 10.1. The van der Waals surface area contributed by atoms with Gasteiger partial charge in [0.1, 0.15) is 24.2 Å². The number of quaternary nitrogens is 2. The van der Waals surface area contributed by atoms with E-state index in [0.717, 1.165) is 37.2 Å². The number of benzene rings is 2. The summed E-state index contributed by atoms with van der Waals surface area (Å²) in [5, 5.41) is 1.80. The summed E-state index contributed by atoms with van der Waals surface area (Å²) in [7, 11) is 0. The highest BCUT2D eigenvalue weighted by molar-refractivity contribution is 5.77. The second-order valence-electron chi connectivity index (χ2n) is 7.89. The average molecular weight is 419 g/mol. The summed E-state index contributed by atoms with van der Waals surface area (Å²) < 4.78 is 37.8. The molecule has 30 heavy (non-hydrogen) atoms. The van der Waals surface area contributed by atoms with E-state index in [9.17, 15) is 13.6 Å². The number of hydrogen-bond acceptors (Lipinski definition) is 3. The topological polar surface area (TPSA) is 59.8 Å². The van der Waals surface area contributed by atoms with Gasteiger partial charge in [0.05, 0.1) is 26.2 Å². The standard InChI is InChI=1S/C22H25F2N3O3/c1-15(18-4-3-17(23)11-19(18)24)25-12-22(28)27-8-6-26(7-9-27)13-16-2-5-20-21(10-16)30-14-29-20/h2-5,10-11,15,25H,6-9,12-14H2,1H3/p+2/t15-/m1/s1. The highest BCUT2D eigenvalue weighted by atomic mass is 19.1. The molecule has 2 aliphatic rings. The van der Waals surface area contributed by atoms with Crippen LogP contribution in [0.2, 0.25) is 0 Å². The van der Waals surface area contributed by atoms with Gasteiger partial charge in [0.15, 0.2) is 18.0 Å². The minimum Gasteiger partial charge on any atom is -0.454 e. The molecule has 2 heterocycles. The van der Waals surface area contributed by atoms with Crippen molar-refractivity contribution in [2.45, 2.75) is 19.5 Å². The molecule has 2 aromatic carbocycles. The first-order chi connectivity index (χ1) is 14.5. The number of carbonyl (C=O) groups is 1. The Morgan fingerprint density at radius 1 is 1.13 bits per heavy atom. The number of rotatable bonds is 6. The molecule has 1 saturated heterocycles. The molecule has 160 valence electrons. The van der Waals surface area contributed by atoms with E-state index < -0.39 is 11.6 Å². The fourth-order valence-electron chi connectivity index (χ4n) is 3.99. The summed E-state index contributed by atoms with van der Waals surface area (Å²) in [6.45, 7) is 6.37. The zero-order valence-corrected chi connectivity index (χ0v) is 17.0. The number of ether oxygens (including phenoxy) is 2. The molecule has 0 bridgehead atoms. The Morgan fingerprint density at radius 2 is 1.90 bits per heavy atom. The van der Waals surface area contributed by atoms with Crippen LogP contribution < -0.4 is 19.7 Å². The zero-order valence-electron chi connectivity index (χ0n) is 17.0. The molecule has 1 fully saturated rings. The molecule has 0 aromatic heterocycles. The average Bonchev–Trinajstić information content (AvgIpc) is 3.20. The number of amides is 1. The van der Waals surface area contributed by atoms with Crippen LogP contribution in [0.3, 0.4) is 0 Å². The van der Waals surface area contributed by atoms with Gasteiger partial charge in [0.25, 0.3) is 5.91 Å². The molecule has 6 nitrogen and oxygen atoms in total. The Bertz CT molecular complexity index is 916. The smallest absolute Gasteiger partial charge is 0.278 e. The minimum atomic E-state index is -0.597. The number of nitrogens with zero attached hydrogens (tertiary/aromatic N) is 1. The van der Waals surface area contributed by atoms with Crippen molar-refractivity contribution in [2.24, 2.45) is 0 Å². The maximum atomic E-state index is 13.9. The van der Waals surface area contributed by atoms with Gasteiger partial charge in [-0.05, 0) is 37.3 Å². The maximum absolute atomic E-state index is 13.9. The van der Waals surface area contributed by atoms with Crippen LogP contribution in [0.4, 0.5) is 8.78 Å². The Labute approximate surface area is 174 Å². The quantitative estimate of drug-likeness (QED) is 0.706. The molecule has 0 radical (unpaired) electrons. The maximum Gasteiger partial charge on any atom is 0.278 e. The number of nitrogens with two attached hydrogens (primary N) is 1. The van der Waals surface area contributed by atoms with Crippen LogP contribution in [0.1, 0.15) is 24.1 Å².